The number of pyridine rings is 1. The number of fused-ring (bicyclic) bond motifs is 3. The van der Waals surface area contributed by atoms with Gasteiger partial charge < -0.3 is 15.3 Å². The molecule has 4 rings (SSSR count). The molecule has 6 unspecified atom stereocenters. The van der Waals surface area contributed by atoms with E-state index in [1.165, 1.54) is 0 Å². The van der Waals surface area contributed by atoms with E-state index in [0.29, 0.717) is 18.8 Å². The molecular weight excluding hydrogens is 386 g/mol. The molecule has 1 saturated carbocycles. The molecule has 158 valence electrons. The fourth-order valence-corrected chi connectivity index (χ4v) is 6.82. The van der Waals surface area contributed by atoms with Crippen molar-refractivity contribution in [1.82, 2.24) is 0 Å². The van der Waals surface area contributed by atoms with E-state index in [9.17, 15) is 15.3 Å². The summed E-state index contributed by atoms with van der Waals surface area (Å²) < 4.78 is 2.12. The van der Waals surface area contributed by atoms with Crippen LogP contribution in [0.3, 0.4) is 0 Å². The summed E-state index contributed by atoms with van der Waals surface area (Å²) in [7, 11) is 0. The second-order valence-electron chi connectivity index (χ2n) is 9.09. The summed E-state index contributed by atoms with van der Waals surface area (Å²) in [6, 6.07) is 6.02. The predicted molar refractivity (Wildman–Crippen MR) is 114 cm³/mol. The maximum atomic E-state index is 11.2. The Morgan fingerprint density at radius 2 is 1.90 bits per heavy atom. The van der Waals surface area contributed by atoms with Gasteiger partial charge in [0.05, 0.1) is 22.7 Å². The zero-order chi connectivity index (χ0) is 20.4. The highest BCUT2D eigenvalue weighted by Crippen LogP contribution is 2.62. The van der Waals surface area contributed by atoms with E-state index in [1.54, 1.807) is 0 Å². The van der Waals surface area contributed by atoms with Crippen molar-refractivity contribution in [3.05, 3.63) is 47.8 Å². The third-order valence-corrected chi connectivity index (χ3v) is 7.92. The van der Waals surface area contributed by atoms with E-state index in [1.807, 2.05) is 42.7 Å². The fourth-order valence-electron chi connectivity index (χ4n) is 6.37. The highest BCUT2D eigenvalue weighted by Gasteiger charge is 2.60. The molecule has 0 radical (unpaired) electrons. The Hall–Kier alpha value is -1.20. The maximum Gasteiger partial charge on any atom is 0.207 e. The summed E-state index contributed by atoms with van der Waals surface area (Å²) in [5.41, 5.74) is 0.901. The monoisotopic (exact) mass is 418 g/mol. The second-order valence-corrected chi connectivity index (χ2v) is 9.55. The van der Waals surface area contributed by atoms with Crippen LogP contribution in [0.15, 0.2) is 47.8 Å². The number of hydrogen-bond donors (Lipinski definition) is 3. The van der Waals surface area contributed by atoms with Crippen molar-refractivity contribution < 1.29 is 19.9 Å². The molecule has 1 aromatic heterocycles. The normalized spacial score (nSPS) is 37.9. The fraction of sp³-hybridized carbons (Fsp3) is 0.625. The molecule has 0 aromatic carbocycles. The average molecular weight is 419 g/mol. The molecule has 0 aliphatic heterocycles. The summed E-state index contributed by atoms with van der Waals surface area (Å²) in [5, 5.41) is 32.1. The molecule has 0 saturated heterocycles. The quantitative estimate of drug-likeness (QED) is 0.518. The standard InChI is InChI=1S/C24H33ClNO3/c25-20-16-19-22-17(6-4-7-18(28)8-5-9-21(22)29)10-11-24(19,12-15-27)23(20)26-13-2-1-3-14-26/h1-3,5,9,13-14,17-19,21-22,27-29H,4,6-8,10-12,15-16H2/q+1. The summed E-state index contributed by atoms with van der Waals surface area (Å²) in [4.78, 5) is 0. The largest absolute Gasteiger partial charge is 0.396 e. The number of halogens is 1. The first kappa shape index (κ1) is 21.0. The van der Waals surface area contributed by atoms with Gasteiger partial charge in [0.25, 0.3) is 0 Å². The van der Waals surface area contributed by atoms with Crippen LogP contribution in [0.4, 0.5) is 0 Å². The van der Waals surface area contributed by atoms with Crippen LogP contribution in [0.2, 0.25) is 0 Å². The summed E-state index contributed by atoms with van der Waals surface area (Å²) in [5.74, 6) is 0.756. The van der Waals surface area contributed by atoms with E-state index in [2.05, 4.69) is 4.57 Å². The van der Waals surface area contributed by atoms with Gasteiger partial charge >= 0.3 is 0 Å². The highest BCUT2D eigenvalue weighted by atomic mass is 35.5. The van der Waals surface area contributed by atoms with Gasteiger partial charge in [-0.1, -0.05) is 36.2 Å². The van der Waals surface area contributed by atoms with E-state index >= 15 is 0 Å². The third-order valence-electron chi connectivity index (χ3n) is 7.59. The Morgan fingerprint density at radius 3 is 2.66 bits per heavy atom. The number of allylic oxidation sites excluding steroid dienone is 2. The van der Waals surface area contributed by atoms with Crippen molar-refractivity contribution in [3.63, 3.8) is 0 Å². The number of rotatable bonds is 3. The van der Waals surface area contributed by atoms with Gasteiger partial charge in [-0.2, -0.15) is 4.57 Å². The van der Waals surface area contributed by atoms with Gasteiger partial charge in [0.1, 0.15) is 0 Å². The molecular formula is C24H33ClNO3+. The maximum absolute atomic E-state index is 11.2. The van der Waals surface area contributed by atoms with E-state index in [0.717, 1.165) is 49.3 Å². The smallest absolute Gasteiger partial charge is 0.207 e. The molecule has 3 aliphatic rings. The van der Waals surface area contributed by atoms with Crippen LogP contribution in [-0.2, 0) is 0 Å². The van der Waals surface area contributed by atoms with Gasteiger partial charge in [-0.25, -0.2) is 0 Å². The van der Waals surface area contributed by atoms with Crippen molar-refractivity contribution in [2.75, 3.05) is 6.61 Å². The number of hydrogen-bond acceptors (Lipinski definition) is 3. The lowest BCUT2D eigenvalue weighted by Gasteiger charge is -2.49. The molecule has 3 aliphatic carbocycles. The summed E-state index contributed by atoms with van der Waals surface area (Å²) in [6.45, 7) is 0.118. The molecule has 1 aromatic rings. The lowest BCUT2D eigenvalue weighted by Crippen LogP contribution is -2.51. The van der Waals surface area contributed by atoms with Gasteiger partial charge in [-0.3, -0.25) is 0 Å². The Morgan fingerprint density at radius 1 is 1.10 bits per heavy atom. The van der Waals surface area contributed by atoms with Gasteiger partial charge in [-0.15, -0.1) is 0 Å². The SMILES string of the molecule is OCCC12CCC3CCCC(O)CC=CC(O)C3C1CC(Cl)=C2[n+]1ccccc1. The van der Waals surface area contributed by atoms with Gasteiger partial charge in [-0.05, 0) is 62.7 Å². The van der Waals surface area contributed by atoms with Gasteiger partial charge in [0.15, 0.2) is 12.4 Å². The minimum atomic E-state index is -0.543. The Kier molecular flexibility index (Phi) is 6.45. The number of aliphatic hydroxyl groups excluding tert-OH is 3. The van der Waals surface area contributed by atoms with Crippen LogP contribution >= 0.6 is 11.6 Å². The molecule has 5 heteroatoms. The molecule has 29 heavy (non-hydrogen) atoms. The molecule has 0 spiro atoms. The van der Waals surface area contributed by atoms with Crippen molar-refractivity contribution in [3.8, 4) is 0 Å². The predicted octanol–water partition coefficient (Wildman–Crippen LogP) is 3.65. The highest BCUT2D eigenvalue weighted by molar-refractivity contribution is 6.32. The first-order valence-corrected chi connectivity index (χ1v) is 11.4. The summed E-state index contributed by atoms with van der Waals surface area (Å²) in [6.07, 6.45) is 13.9. The zero-order valence-electron chi connectivity index (χ0n) is 17.0. The van der Waals surface area contributed by atoms with Crippen LogP contribution < -0.4 is 4.57 Å². The Bertz CT molecular complexity index is 765. The first-order chi connectivity index (χ1) is 14.1. The average Bonchev–Trinajstić information content (AvgIpc) is 3.00. The van der Waals surface area contributed by atoms with Crippen molar-refractivity contribution in [2.24, 2.45) is 23.2 Å². The van der Waals surface area contributed by atoms with Crippen LogP contribution in [0.25, 0.3) is 5.70 Å². The van der Waals surface area contributed by atoms with Crippen molar-refractivity contribution in [2.45, 2.75) is 63.6 Å². The topological polar surface area (TPSA) is 64.6 Å². The lowest BCUT2D eigenvalue weighted by atomic mass is 9.55. The molecule has 1 fully saturated rings. The number of nitrogens with zero attached hydrogens (tertiary/aromatic N) is 1. The molecule has 3 N–H and O–H groups in total. The molecule has 0 bridgehead atoms. The van der Waals surface area contributed by atoms with Crippen molar-refractivity contribution in [1.29, 1.82) is 0 Å². The third kappa shape index (κ3) is 3.93. The lowest BCUT2D eigenvalue weighted by molar-refractivity contribution is -0.591. The number of aromatic nitrogens is 1. The molecule has 0 amide bonds. The van der Waals surface area contributed by atoms with E-state index < -0.39 is 6.10 Å². The number of aliphatic hydroxyl groups is 3. The first-order valence-electron chi connectivity index (χ1n) is 11.1. The second kappa shape index (κ2) is 8.89. The Balaban J connectivity index is 1.73. The van der Waals surface area contributed by atoms with Crippen molar-refractivity contribution >= 4 is 17.3 Å². The van der Waals surface area contributed by atoms with E-state index in [-0.39, 0.29) is 30.0 Å². The van der Waals surface area contributed by atoms with Crippen LogP contribution in [0.5, 0.6) is 0 Å². The molecule has 6 atom stereocenters. The van der Waals surface area contributed by atoms with Gasteiger partial charge in [0.2, 0.25) is 5.70 Å². The van der Waals surface area contributed by atoms with Gasteiger partial charge in [0, 0.05) is 18.7 Å². The van der Waals surface area contributed by atoms with Crippen LogP contribution in [0.1, 0.15) is 51.4 Å². The minimum Gasteiger partial charge on any atom is -0.396 e. The minimum absolute atomic E-state index is 0.118. The molecule has 4 nitrogen and oxygen atoms in total. The van der Waals surface area contributed by atoms with Crippen LogP contribution in [0, 0.1) is 23.2 Å². The zero-order valence-corrected chi connectivity index (χ0v) is 17.7. The summed E-state index contributed by atoms with van der Waals surface area (Å²) >= 11 is 6.89. The van der Waals surface area contributed by atoms with Crippen LogP contribution in [-0.4, -0.2) is 34.1 Å². The Labute approximate surface area is 178 Å². The molecule has 1 heterocycles. The van der Waals surface area contributed by atoms with E-state index in [4.69, 9.17) is 11.6 Å².